The van der Waals surface area contributed by atoms with Crippen LogP contribution in [0.25, 0.3) is 10.9 Å². The molecule has 0 saturated heterocycles. The van der Waals surface area contributed by atoms with E-state index in [9.17, 15) is 9.59 Å². The van der Waals surface area contributed by atoms with Crippen LogP contribution >= 0.6 is 0 Å². The number of H-pyrrole nitrogens is 1. The van der Waals surface area contributed by atoms with E-state index in [1.165, 1.54) is 6.07 Å². The summed E-state index contributed by atoms with van der Waals surface area (Å²) in [5.74, 6) is -0.294. The highest BCUT2D eigenvalue weighted by Crippen LogP contribution is 2.15. The lowest BCUT2D eigenvalue weighted by atomic mass is 10.0. The number of nitrogens with two attached hydrogens (primary N) is 1. The van der Waals surface area contributed by atoms with Crippen molar-refractivity contribution in [3.8, 4) is 0 Å². The van der Waals surface area contributed by atoms with E-state index in [1.807, 2.05) is 26.0 Å². The van der Waals surface area contributed by atoms with Crippen molar-refractivity contribution in [3.63, 3.8) is 0 Å². The van der Waals surface area contributed by atoms with Crippen LogP contribution in [0, 0.1) is 0 Å². The molecule has 5 nitrogen and oxygen atoms in total. The predicted octanol–water partition coefficient (Wildman–Crippen LogP) is 0.995. The van der Waals surface area contributed by atoms with E-state index < -0.39 is 5.54 Å². The number of aromatic nitrogens is 1. The maximum absolute atomic E-state index is 12.3. The molecule has 19 heavy (non-hydrogen) atoms. The van der Waals surface area contributed by atoms with E-state index in [0.29, 0.717) is 23.0 Å². The summed E-state index contributed by atoms with van der Waals surface area (Å²) in [6.45, 7) is 3.99. The number of carbonyl (C=O) groups excluding carboxylic acids is 1. The second-order valence-electron chi connectivity index (χ2n) is 5.13. The van der Waals surface area contributed by atoms with E-state index in [0.717, 1.165) is 0 Å². The molecule has 100 valence electrons. The molecule has 2 rings (SSSR count). The van der Waals surface area contributed by atoms with Crippen molar-refractivity contribution in [2.24, 2.45) is 5.73 Å². The zero-order chi connectivity index (χ0) is 14.0. The number of hydrogen-bond donors (Lipinski definition) is 3. The quantitative estimate of drug-likeness (QED) is 0.768. The van der Waals surface area contributed by atoms with Gasteiger partial charge >= 0.3 is 0 Å². The second kappa shape index (κ2) is 4.85. The fourth-order valence-electron chi connectivity index (χ4n) is 1.82. The van der Waals surface area contributed by atoms with Gasteiger partial charge in [-0.25, -0.2) is 0 Å². The van der Waals surface area contributed by atoms with Crippen molar-refractivity contribution < 1.29 is 4.79 Å². The largest absolute Gasteiger partial charge is 0.346 e. The van der Waals surface area contributed by atoms with Gasteiger partial charge in [-0.15, -0.1) is 0 Å². The highest BCUT2D eigenvalue weighted by Gasteiger charge is 2.20. The maximum atomic E-state index is 12.3. The van der Waals surface area contributed by atoms with Gasteiger partial charge in [0.05, 0.1) is 5.56 Å². The number of para-hydroxylation sites is 1. The summed E-state index contributed by atoms with van der Waals surface area (Å²) in [6, 6.07) is 8.51. The van der Waals surface area contributed by atoms with Crippen LogP contribution in [0.3, 0.4) is 0 Å². The monoisotopic (exact) mass is 259 g/mol. The lowest BCUT2D eigenvalue weighted by Crippen LogP contribution is -2.49. The molecule has 0 unspecified atom stereocenters. The summed E-state index contributed by atoms with van der Waals surface area (Å²) in [4.78, 5) is 26.6. The third-order valence-electron chi connectivity index (χ3n) is 2.96. The van der Waals surface area contributed by atoms with E-state index in [4.69, 9.17) is 5.73 Å². The minimum atomic E-state index is -0.513. The van der Waals surface area contributed by atoms with Crippen LogP contribution in [0.2, 0.25) is 0 Å². The van der Waals surface area contributed by atoms with Crippen LogP contribution in [0.15, 0.2) is 35.1 Å². The van der Waals surface area contributed by atoms with Crippen molar-refractivity contribution in [1.29, 1.82) is 0 Å². The molecule has 0 aliphatic rings. The Labute approximate surface area is 110 Å². The fourth-order valence-corrected chi connectivity index (χ4v) is 1.82. The van der Waals surface area contributed by atoms with Crippen LogP contribution in [0.5, 0.6) is 0 Å². The normalized spacial score (nSPS) is 11.5. The minimum absolute atomic E-state index is 0.294. The van der Waals surface area contributed by atoms with Crippen LogP contribution < -0.4 is 16.6 Å². The Morgan fingerprint density at radius 3 is 2.74 bits per heavy atom. The lowest BCUT2D eigenvalue weighted by molar-refractivity contribution is 0.0917. The molecule has 0 fully saturated rings. The first kappa shape index (κ1) is 13.3. The molecular weight excluding hydrogens is 242 g/mol. The zero-order valence-electron chi connectivity index (χ0n) is 11.0. The van der Waals surface area contributed by atoms with Crippen molar-refractivity contribution in [3.05, 3.63) is 46.2 Å². The van der Waals surface area contributed by atoms with Gasteiger partial charge < -0.3 is 16.0 Å². The maximum Gasteiger partial charge on any atom is 0.252 e. The average Bonchev–Trinajstić information content (AvgIpc) is 2.37. The molecule has 5 heteroatoms. The first-order chi connectivity index (χ1) is 8.93. The number of amides is 1. The highest BCUT2D eigenvalue weighted by atomic mass is 16.2. The molecule has 1 amide bonds. The predicted molar refractivity (Wildman–Crippen MR) is 75.2 cm³/mol. The molecule has 0 aliphatic heterocycles. The Bertz CT molecular complexity index is 674. The molecule has 2 aromatic rings. The van der Waals surface area contributed by atoms with Gasteiger partial charge in [0.15, 0.2) is 0 Å². The molecule has 0 bridgehead atoms. The summed E-state index contributed by atoms with van der Waals surface area (Å²) >= 11 is 0. The van der Waals surface area contributed by atoms with Gasteiger partial charge in [-0.05, 0) is 19.9 Å². The molecule has 0 aliphatic carbocycles. The van der Waals surface area contributed by atoms with Crippen molar-refractivity contribution in [2.45, 2.75) is 19.4 Å². The minimum Gasteiger partial charge on any atom is -0.346 e. The summed E-state index contributed by atoms with van der Waals surface area (Å²) in [7, 11) is 0. The first-order valence-electron chi connectivity index (χ1n) is 6.07. The van der Waals surface area contributed by atoms with Crippen LogP contribution in [-0.4, -0.2) is 23.0 Å². The van der Waals surface area contributed by atoms with Crippen LogP contribution in [0.1, 0.15) is 24.2 Å². The number of rotatable bonds is 3. The Morgan fingerprint density at radius 1 is 1.37 bits per heavy atom. The highest BCUT2D eigenvalue weighted by molar-refractivity contribution is 6.06. The van der Waals surface area contributed by atoms with Crippen molar-refractivity contribution in [2.75, 3.05) is 6.54 Å². The topological polar surface area (TPSA) is 88.0 Å². The Hall–Kier alpha value is -2.14. The standard InChI is InChI=1S/C14H17N3O2/c1-14(2,8-15)17-13(19)10-7-12(18)16-11-6-4-3-5-9(10)11/h3-7H,8,15H2,1-2H3,(H,16,18)(H,17,19). The number of fused-ring (bicyclic) bond motifs is 1. The summed E-state index contributed by atoms with van der Waals surface area (Å²) < 4.78 is 0. The SMILES string of the molecule is CC(C)(CN)NC(=O)c1cc(=O)[nH]c2ccccc12. The van der Waals surface area contributed by atoms with E-state index in [2.05, 4.69) is 10.3 Å². The van der Waals surface area contributed by atoms with Gasteiger partial charge in [-0.2, -0.15) is 0 Å². The molecule has 0 atom stereocenters. The number of nitrogens with one attached hydrogen (secondary N) is 2. The molecule has 0 radical (unpaired) electrons. The van der Waals surface area contributed by atoms with Crippen LogP contribution in [0.4, 0.5) is 0 Å². The number of aromatic amines is 1. The van der Waals surface area contributed by atoms with E-state index in [1.54, 1.807) is 12.1 Å². The van der Waals surface area contributed by atoms with Gasteiger partial charge in [0.2, 0.25) is 5.56 Å². The molecule has 0 saturated carbocycles. The molecule has 0 spiro atoms. The molecule has 1 heterocycles. The Morgan fingerprint density at radius 2 is 2.05 bits per heavy atom. The third kappa shape index (κ3) is 2.82. The summed E-state index contributed by atoms with van der Waals surface area (Å²) in [6.07, 6.45) is 0. The lowest BCUT2D eigenvalue weighted by Gasteiger charge is -2.24. The number of carbonyl (C=O) groups is 1. The van der Waals surface area contributed by atoms with Crippen molar-refractivity contribution >= 4 is 16.8 Å². The zero-order valence-corrected chi connectivity index (χ0v) is 11.0. The fraction of sp³-hybridized carbons (Fsp3) is 0.286. The molecule has 1 aromatic carbocycles. The average molecular weight is 259 g/mol. The van der Waals surface area contributed by atoms with Gasteiger partial charge in [0.25, 0.3) is 5.91 Å². The van der Waals surface area contributed by atoms with E-state index >= 15 is 0 Å². The molecule has 1 aromatic heterocycles. The van der Waals surface area contributed by atoms with Crippen molar-refractivity contribution in [1.82, 2.24) is 10.3 Å². The number of hydrogen-bond acceptors (Lipinski definition) is 3. The van der Waals surface area contributed by atoms with Crippen LogP contribution in [-0.2, 0) is 0 Å². The number of pyridine rings is 1. The van der Waals surface area contributed by atoms with E-state index in [-0.39, 0.29) is 11.5 Å². The smallest absolute Gasteiger partial charge is 0.252 e. The Kier molecular flexibility index (Phi) is 3.40. The Balaban J connectivity index is 2.50. The number of benzene rings is 1. The second-order valence-corrected chi connectivity index (χ2v) is 5.13. The molecular formula is C14H17N3O2. The van der Waals surface area contributed by atoms with Gasteiger partial charge in [-0.3, -0.25) is 9.59 Å². The summed E-state index contributed by atoms with van der Waals surface area (Å²) in [5.41, 5.74) is 5.79. The van der Waals surface area contributed by atoms with Gasteiger partial charge in [0, 0.05) is 29.1 Å². The summed E-state index contributed by atoms with van der Waals surface area (Å²) in [5, 5.41) is 3.54. The first-order valence-corrected chi connectivity index (χ1v) is 6.07. The van der Waals surface area contributed by atoms with Gasteiger partial charge in [-0.1, -0.05) is 18.2 Å². The molecule has 4 N–H and O–H groups in total. The van der Waals surface area contributed by atoms with Gasteiger partial charge in [0.1, 0.15) is 0 Å². The third-order valence-corrected chi connectivity index (χ3v) is 2.96.